The molecule has 4 heterocycles. The largest absolute Gasteiger partial charge is 0.493 e. The highest BCUT2D eigenvalue weighted by atomic mass is 19.4. The van der Waals surface area contributed by atoms with Gasteiger partial charge in [-0.05, 0) is 25.0 Å². The van der Waals surface area contributed by atoms with Crippen LogP contribution in [0.4, 0.5) is 24.7 Å². The maximum absolute atomic E-state index is 13.0. The number of hydrogen-bond donors (Lipinski definition) is 3. The van der Waals surface area contributed by atoms with Crippen LogP contribution in [0.5, 0.6) is 11.5 Å². The van der Waals surface area contributed by atoms with E-state index in [1.807, 2.05) is 4.90 Å². The summed E-state index contributed by atoms with van der Waals surface area (Å²) >= 11 is 0. The highest BCUT2D eigenvalue weighted by Gasteiger charge is 2.32. The Morgan fingerprint density at radius 1 is 1.14 bits per heavy atom. The number of amides is 1. The summed E-state index contributed by atoms with van der Waals surface area (Å²) in [5.41, 5.74) is 1.52. The van der Waals surface area contributed by atoms with Crippen LogP contribution < -0.4 is 19.7 Å². The molecule has 1 aromatic carbocycles. The van der Waals surface area contributed by atoms with Gasteiger partial charge in [0.2, 0.25) is 5.91 Å². The van der Waals surface area contributed by atoms with E-state index in [1.165, 1.54) is 6.07 Å². The first-order valence-electron chi connectivity index (χ1n) is 11.5. The molecule has 0 atom stereocenters. The van der Waals surface area contributed by atoms with E-state index < -0.39 is 11.7 Å². The van der Waals surface area contributed by atoms with Crippen molar-refractivity contribution in [2.75, 3.05) is 37.5 Å². The van der Waals surface area contributed by atoms with Crippen molar-refractivity contribution in [1.29, 1.82) is 0 Å². The van der Waals surface area contributed by atoms with Gasteiger partial charge in [0.25, 0.3) is 0 Å². The first kappa shape index (κ1) is 24.4. The third-order valence-corrected chi connectivity index (χ3v) is 6.37. The number of alkyl halides is 3. The molecular formula is C24H24F3N7O3. The summed E-state index contributed by atoms with van der Waals surface area (Å²) in [6.45, 7) is 1.00. The van der Waals surface area contributed by atoms with Crippen molar-refractivity contribution in [3.05, 3.63) is 42.2 Å². The standard InChI is InChI=1S/C24H24F3N7O3/c1-36-18-9-15-16(10-19(18)37-2)31-22(30-15)21-17(12-29-33-21)32-23(35)13-5-7-34(8-6-13)20-4-3-14(11-28-20)24(25,26)27/h3-4,9-13H,5-8H2,1-2H3,(H,29,33)(H,30,31)(H,32,35). The first-order valence-corrected chi connectivity index (χ1v) is 11.5. The number of hydrogen-bond acceptors (Lipinski definition) is 7. The second-order valence-corrected chi connectivity index (χ2v) is 8.61. The highest BCUT2D eigenvalue weighted by molar-refractivity contribution is 5.96. The number of imidazole rings is 1. The number of benzene rings is 1. The molecule has 0 unspecified atom stereocenters. The van der Waals surface area contributed by atoms with E-state index in [0.717, 1.165) is 17.8 Å². The number of H-pyrrole nitrogens is 2. The lowest BCUT2D eigenvalue weighted by atomic mass is 9.95. The summed E-state index contributed by atoms with van der Waals surface area (Å²) in [5.74, 6) is 1.59. The molecule has 37 heavy (non-hydrogen) atoms. The maximum atomic E-state index is 13.0. The Morgan fingerprint density at radius 3 is 2.51 bits per heavy atom. The molecule has 0 aliphatic carbocycles. The van der Waals surface area contributed by atoms with Crippen LogP contribution in [0.25, 0.3) is 22.6 Å². The third kappa shape index (κ3) is 4.88. The zero-order chi connectivity index (χ0) is 26.2. The minimum absolute atomic E-state index is 0.165. The number of aromatic amines is 2. The fourth-order valence-electron chi connectivity index (χ4n) is 4.36. The summed E-state index contributed by atoms with van der Waals surface area (Å²) in [6, 6.07) is 5.90. The molecule has 13 heteroatoms. The summed E-state index contributed by atoms with van der Waals surface area (Å²) in [7, 11) is 3.09. The van der Waals surface area contributed by atoms with E-state index in [4.69, 9.17) is 9.47 Å². The molecule has 1 aliphatic rings. The van der Waals surface area contributed by atoms with Gasteiger partial charge < -0.3 is 24.7 Å². The van der Waals surface area contributed by atoms with Gasteiger partial charge in [0.15, 0.2) is 23.0 Å². The number of nitrogens with zero attached hydrogens (tertiary/aromatic N) is 4. The number of carbonyl (C=O) groups is 1. The number of fused-ring (bicyclic) bond motifs is 1. The Hall–Kier alpha value is -4.29. The van der Waals surface area contributed by atoms with Crippen LogP contribution in [0.1, 0.15) is 18.4 Å². The number of pyridine rings is 1. The van der Waals surface area contributed by atoms with E-state index >= 15 is 0 Å². The average Bonchev–Trinajstić information content (AvgIpc) is 3.53. The van der Waals surface area contributed by atoms with Gasteiger partial charge in [-0.3, -0.25) is 9.89 Å². The number of methoxy groups -OCH3 is 2. The lowest BCUT2D eigenvalue weighted by Gasteiger charge is -2.32. The van der Waals surface area contributed by atoms with Crippen LogP contribution >= 0.6 is 0 Å². The molecule has 4 aromatic rings. The monoisotopic (exact) mass is 515 g/mol. The minimum Gasteiger partial charge on any atom is -0.493 e. The third-order valence-electron chi connectivity index (χ3n) is 6.37. The van der Waals surface area contributed by atoms with Crippen LogP contribution in [0.15, 0.2) is 36.7 Å². The predicted molar refractivity (Wildman–Crippen MR) is 130 cm³/mol. The number of nitrogens with one attached hydrogen (secondary N) is 3. The maximum Gasteiger partial charge on any atom is 0.417 e. The quantitative estimate of drug-likeness (QED) is 0.351. The Bertz CT molecular complexity index is 1370. The molecule has 194 valence electrons. The van der Waals surface area contributed by atoms with Gasteiger partial charge in [-0.15, -0.1) is 0 Å². The van der Waals surface area contributed by atoms with E-state index in [-0.39, 0.29) is 11.8 Å². The van der Waals surface area contributed by atoms with Crippen LogP contribution in [0.3, 0.4) is 0 Å². The summed E-state index contributed by atoms with van der Waals surface area (Å²) in [6.07, 6.45) is -0.940. The van der Waals surface area contributed by atoms with E-state index in [1.54, 1.807) is 32.5 Å². The number of ether oxygens (including phenoxy) is 2. The molecule has 0 bridgehead atoms. The van der Waals surface area contributed by atoms with Crippen LogP contribution in [0.2, 0.25) is 0 Å². The smallest absolute Gasteiger partial charge is 0.417 e. The SMILES string of the molecule is COc1cc2nc(-c3n[nH]cc3NC(=O)C3CCN(c4ccc(C(F)(F)F)cn4)CC3)[nH]c2cc1OC. The van der Waals surface area contributed by atoms with Gasteiger partial charge in [-0.2, -0.15) is 18.3 Å². The topological polar surface area (TPSA) is 121 Å². The molecule has 1 fully saturated rings. The van der Waals surface area contributed by atoms with Crippen molar-refractivity contribution in [2.45, 2.75) is 19.0 Å². The first-order chi connectivity index (χ1) is 17.8. The Morgan fingerprint density at radius 2 is 1.86 bits per heavy atom. The van der Waals surface area contributed by atoms with Gasteiger partial charge in [-0.25, -0.2) is 9.97 Å². The normalized spacial score (nSPS) is 14.7. The van der Waals surface area contributed by atoms with Crippen molar-refractivity contribution in [3.63, 3.8) is 0 Å². The van der Waals surface area contributed by atoms with Crippen molar-refractivity contribution in [3.8, 4) is 23.0 Å². The van der Waals surface area contributed by atoms with E-state index in [2.05, 4.69) is 30.5 Å². The zero-order valence-electron chi connectivity index (χ0n) is 20.0. The van der Waals surface area contributed by atoms with Crippen molar-refractivity contribution in [2.24, 2.45) is 5.92 Å². The average molecular weight is 515 g/mol. The van der Waals surface area contributed by atoms with E-state index in [0.29, 0.717) is 66.0 Å². The minimum atomic E-state index is -4.43. The summed E-state index contributed by atoms with van der Waals surface area (Å²) in [4.78, 5) is 26.6. The van der Waals surface area contributed by atoms with Gasteiger partial charge in [-0.1, -0.05) is 0 Å². The number of halogens is 3. The van der Waals surface area contributed by atoms with Gasteiger partial charge in [0.1, 0.15) is 5.82 Å². The van der Waals surface area contributed by atoms with Crippen molar-refractivity contribution >= 4 is 28.4 Å². The lowest BCUT2D eigenvalue weighted by molar-refractivity contribution is -0.137. The van der Waals surface area contributed by atoms with Crippen molar-refractivity contribution < 1.29 is 27.4 Å². The number of aromatic nitrogens is 5. The number of carbonyl (C=O) groups excluding carboxylic acids is 1. The second-order valence-electron chi connectivity index (χ2n) is 8.61. The molecule has 0 spiro atoms. The Kier molecular flexibility index (Phi) is 6.36. The molecule has 3 N–H and O–H groups in total. The highest BCUT2D eigenvalue weighted by Crippen LogP contribution is 2.34. The predicted octanol–water partition coefficient (Wildman–Crippen LogP) is 4.24. The Balaban J connectivity index is 1.25. The second kappa shape index (κ2) is 9.64. The molecule has 5 rings (SSSR count). The molecule has 1 saturated heterocycles. The molecule has 0 saturated carbocycles. The van der Waals surface area contributed by atoms with Gasteiger partial charge in [0, 0.05) is 43.5 Å². The van der Waals surface area contributed by atoms with Gasteiger partial charge >= 0.3 is 6.18 Å². The van der Waals surface area contributed by atoms with E-state index in [9.17, 15) is 18.0 Å². The number of rotatable bonds is 6. The lowest BCUT2D eigenvalue weighted by Crippen LogP contribution is -2.38. The number of piperidine rings is 1. The molecule has 3 aromatic heterocycles. The zero-order valence-corrected chi connectivity index (χ0v) is 20.0. The molecule has 1 aliphatic heterocycles. The number of anilines is 2. The van der Waals surface area contributed by atoms with Crippen LogP contribution in [0, 0.1) is 5.92 Å². The van der Waals surface area contributed by atoms with Crippen LogP contribution in [-0.2, 0) is 11.0 Å². The van der Waals surface area contributed by atoms with Crippen LogP contribution in [-0.4, -0.2) is 58.4 Å². The van der Waals surface area contributed by atoms with Crippen molar-refractivity contribution in [1.82, 2.24) is 25.1 Å². The summed E-state index contributed by atoms with van der Waals surface area (Å²) < 4.78 is 49.0. The summed E-state index contributed by atoms with van der Waals surface area (Å²) in [5, 5.41) is 9.94. The van der Waals surface area contributed by atoms with Gasteiger partial charge in [0.05, 0.1) is 36.5 Å². The fraction of sp³-hybridized carbons (Fsp3) is 0.333. The molecule has 10 nitrogen and oxygen atoms in total. The molecular weight excluding hydrogens is 491 g/mol. The fourth-order valence-corrected chi connectivity index (χ4v) is 4.36. The molecule has 1 amide bonds. The Labute approximate surface area is 209 Å². The molecule has 0 radical (unpaired) electrons.